The van der Waals surface area contributed by atoms with Crippen LogP contribution in [0.3, 0.4) is 0 Å². The monoisotopic (exact) mass is 300 g/mol. The minimum atomic E-state index is -0.0452. The predicted octanol–water partition coefficient (Wildman–Crippen LogP) is 3.80. The Bertz CT molecular complexity index is 690. The summed E-state index contributed by atoms with van der Waals surface area (Å²) in [6.07, 6.45) is 1.88. The number of nitrogen functional groups attached to an aromatic ring is 1. The van der Waals surface area contributed by atoms with E-state index in [0.29, 0.717) is 23.0 Å². The molecule has 0 aliphatic heterocycles. The van der Waals surface area contributed by atoms with E-state index in [-0.39, 0.29) is 5.91 Å². The summed E-state index contributed by atoms with van der Waals surface area (Å²) in [6.45, 7) is 4.96. The first-order chi connectivity index (χ1) is 10.1. The number of thiophene rings is 1. The molecule has 0 bridgehead atoms. The highest BCUT2D eigenvalue weighted by atomic mass is 32.1. The third-order valence-electron chi connectivity index (χ3n) is 4.02. The number of hydrogen-bond donors (Lipinski definition) is 2. The van der Waals surface area contributed by atoms with Gasteiger partial charge in [0.2, 0.25) is 0 Å². The lowest BCUT2D eigenvalue weighted by atomic mass is 9.82. The van der Waals surface area contributed by atoms with E-state index in [9.17, 15) is 4.79 Å². The van der Waals surface area contributed by atoms with E-state index < -0.39 is 0 Å². The van der Waals surface area contributed by atoms with Gasteiger partial charge in [0.25, 0.3) is 5.91 Å². The van der Waals surface area contributed by atoms with Gasteiger partial charge in [-0.25, -0.2) is 0 Å². The molecule has 1 heterocycles. The third kappa shape index (κ3) is 2.33. The van der Waals surface area contributed by atoms with Crippen molar-refractivity contribution < 1.29 is 4.79 Å². The van der Waals surface area contributed by atoms with Gasteiger partial charge < -0.3 is 11.1 Å². The molecule has 3 nitrogen and oxygen atoms in total. The van der Waals surface area contributed by atoms with Gasteiger partial charge in [0.05, 0.1) is 10.6 Å². The maximum Gasteiger partial charge on any atom is 0.254 e. The smallest absolute Gasteiger partial charge is 0.254 e. The van der Waals surface area contributed by atoms with Crippen LogP contribution in [0.15, 0.2) is 24.3 Å². The Kier molecular flexibility index (Phi) is 3.72. The van der Waals surface area contributed by atoms with Gasteiger partial charge in [-0.15, -0.1) is 11.3 Å². The lowest BCUT2D eigenvalue weighted by molar-refractivity contribution is 0.0955. The highest BCUT2D eigenvalue weighted by Crippen LogP contribution is 2.47. The molecule has 1 aliphatic carbocycles. The maximum atomic E-state index is 12.5. The summed E-state index contributed by atoms with van der Waals surface area (Å²) in [5.41, 5.74) is 10.4. The molecular formula is C17H20N2OS. The minimum absolute atomic E-state index is 0.0452. The van der Waals surface area contributed by atoms with Gasteiger partial charge in [-0.2, -0.15) is 0 Å². The van der Waals surface area contributed by atoms with Crippen LogP contribution in [0.25, 0.3) is 11.1 Å². The molecule has 0 saturated heterocycles. The molecule has 1 aromatic heterocycles. The molecule has 110 valence electrons. The number of hydrogen-bond acceptors (Lipinski definition) is 3. The van der Waals surface area contributed by atoms with E-state index in [1.807, 2.05) is 13.0 Å². The highest BCUT2D eigenvalue weighted by molar-refractivity contribution is 7.17. The van der Waals surface area contributed by atoms with Crippen molar-refractivity contribution in [3.05, 3.63) is 40.3 Å². The number of fused-ring (bicyclic) bond motifs is 3. The van der Waals surface area contributed by atoms with Crippen molar-refractivity contribution in [2.45, 2.75) is 32.6 Å². The minimum Gasteiger partial charge on any atom is -0.390 e. The van der Waals surface area contributed by atoms with E-state index in [2.05, 4.69) is 30.4 Å². The van der Waals surface area contributed by atoms with Crippen LogP contribution >= 0.6 is 11.3 Å². The predicted molar refractivity (Wildman–Crippen MR) is 88.9 cm³/mol. The SMILES string of the molecule is CCCNC(=O)c1c(N)sc2c1-c1ccccc1C(C)C2. The third-order valence-corrected chi connectivity index (χ3v) is 5.06. The van der Waals surface area contributed by atoms with Gasteiger partial charge in [0, 0.05) is 17.0 Å². The Morgan fingerprint density at radius 3 is 2.95 bits per heavy atom. The number of amides is 1. The molecule has 21 heavy (non-hydrogen) atoms. The molecular weight excluding hydrogens is 280 g/mol. The molecule has 0 spiro atoms. The van der Waals surface area contributed by atoms with Crippen molar-refractivity contribution in [3.8, 4) is 11.1 Å². The molecule has 1 aromatic carbocycles. The molecule has 3 N–H and O–H groups in total. The average Bonchev–Trinajstić information content (AvgIpc) is 2.81. The summed E-state index contributed by atoms with van der Waals surface area (Å²) in [6, 6.07) is 8.35. The van der Waals surface area contributed by atoms with E-state index >= 15 is 0 Å². The molecule has 0 radical (unpaired) electrons. The lowest BCUT2D eigenvalue weighted by Crippen LogP contribution is -2.25. The summed E-state index contributed by atoms with van der Waals surface area (Å²) >= 11 is 1.56. The van der Waals surface area contributed by atoms with Crippen molar-refractivity contribution in [1.29, 1.82) is 0 Å². The molecule has 2 aromatic rings. The zero-order valence-corrected chi connectivity index (χ0v) is 13.2. The average molecular weight is 300 g/mol. The van der Waals surface area contributed by atoms with E-state index in [1.165, 1.54) is 16.0 Å². The lowest BCUT2D eigenvalue weighted by Gasteiger charge is -2.23. The fourth-order valence-electron chi connectivity index (χ4n) is 3.02. The summed E-state index contributed by atoms with van der Waals surface area (Å²) in [5.74, 6) is 0.425. The zero-order chi connectivity index (χ0) is 15.0. The fourth-order valence-corrected chi connectivity index (χ4v) is 4.23. The van der Waals surface area contributed by atoms with E-state index in [0.717, 1.165) is 18.4 Å². The number of nitrogens with two attached hydrogens (primary N) is 1. The number of rotatable bonds is 3. The Morgan fingerprint density at radius 1 is 1.43 bits per heavy atom. The number of benzene rings is 1. The fraction of sp³-hybridized carbons (Fsp3) is 0.353. The second kappa shape index (κ2) is 5.53. The second-order valence-electron chi connectivity index (χ2n) is 5.59. The van der Waals surface area contributed by atoms with Gasteiger partial charge in [0.15, 0.2) is 0 Å². The molecule has 0 saturated carbocycles. The van der Waals surface area contributed by atoms with Gasteiger partial charge >= 0.3 is 0 Å². The molecule has 0 fully saturated rings. The molecule has 1 aliphatic rings. The Labute approximate surface area is 129 Å². The summed E-state index contributed by atoms with van der Waals surface area (Å²) in [4.78, 5) is 13.7. The molecule has 1 unspecified atom stereocenters. The number of carbonyl (C=O) groups excluding carboxylic acids is 1. The van der Waals surface area contributed by atoms with E-state index in [1.54, 1.807) is 11.3 Å². The standard InChI is InChI=1S/C17H20N2OS/c1-3-8-19-17(20)15-14-12-7-5-4-6-11(12)10(2)9-13(14)21-16(15)18/h4-7,10H,3,8-9,18H2,1-2H3,(H,19,20). The van der Waals surface area contributed by atoms with Crippen molar-refractivity contribution in [2.24, 2.45) is 0 Å². The molecule has 3 rings (SSSR count). The van der Waals surface area contributed by atoms with Crippen molar-refractivity contribution in [3.63, 3.8) is 0 Å². The number of anilines is 1. The van der Waals surface area contributed by atoms with E-state index in [4.69, 9.17) is 5.73 Å². The van der Waals surface area contributed by atoms with Gasteiger partial charge in [-0.1, -0.05) is 38.1 Å². The van der Waals surface area contributed by atoms with Crippen LogP contribution in [0.2, 0.25) is 0 Å². The van der Waals surface area contributed by atoms with Crippen molar-refractivity contribution in [2.75, 3.05) is 12.3 Å². The molecule has 1 amide bonds. The Hall–Kier alpha value is -1.81. The zero-order valence-electron chi connectivity index (χ0n) is 12.4. The van der Waals surface area contributed by atoms with Crippen LogP contribution in [-0.4, -0.2) is 12.5 Å². The van der Waals surface area contributed by atoms with Gasteiger partial charge in [0.1, 0.15) is 0 Å². The Morgan fingerprint density at radius 2 is 2.19 bits per heavy atom. The first-order valence-corrected chi connectivity index (χ1v) is 8.23. The van der Waals surface area contributed by atoms with Crippen molar-refractivity contribution >= 4 is 22.2 Å². The number of nitrogens with one attached hydrogen (secondary N) is 1. The summed E-state index contributed by atoms with van der Waals surface area (Å²) in [5, 5.41) is 3.59. The Balaban J connectivity index is 2.13. The van der Waals surface area contributed by atoms with Gasteiger partial charge in [-0.3, -0.25) is 4.79 Å². The van der Waals surface area contributed by atoms with Gasteiger partial charge in [-0.05, 0) is 29.9 Å². The maximum absolute atomic E-state index is 12.5. The highest BCUT2D eigenvalue weighted by Gasteiger charge is 2.29. The first-order valence-electron chi connectivity index (χ1n) is 7.42. The van der Waals surface area contributed by atoms with Crippen molar-refractivity contribution in [1.82, 2.24) is 5.32 Å². The first kappa shape index (κ1) is 14.1. The topological polar surface area (TPSA) is 55.1 Å². The van der Waals surface area contributed by atoms with Crippen LogP contribution in [0.4, 0.5) is 5.00 Å². The van der Waals surface area contributed by atoms with Crippen LogP contribution in [0.5, 0.6) is 0 Å². The normalized spacial score (nSPS) is 16.2. The molecule has 4 heteroatoms. The largest absolute Gasteiger partial charge is 0.390 e. The quantitative estimate of drug-likeness (QED) is 0.906. The number of carbonyl (C=O) groups is 1. The van der Waals surface area contributed by atoms with Crippen LogP contribution in [0.1, 0.15) is 47.0 Å². The molecule has 1 atom stereocenters. The summed E-state index contributed by atoms with van der Waals surface area (Å²) < 4.78 is 0. The summed E-state index contributed by atoms with van der Waals surface area (Å²) in [7, 11) is 0. The second-order valence-corrected chi connectivity index (χ2v) is 6.72. The van der Waals surface area contributed by atoms with Crippen LogP contribution in [-0.2, 0) is 6.42 Å². The van der Waals surface area contributed by atoms with Crippen LogP contribution in [0, 0.1) is 0 Å². The van der Waals surface area contributed by atoms with Crippen LogP contribution < -0.4 is 11.1 Å².